The molecule has 1 rings (SSSR count). The van der Waals surface area contributed by atoms with E-state index in [-0.39, 0.29) is 6.42 Å². The largest absolute Gasteiger partial charge is 0.481 e. The van der Waals surface area contributed by atoms with Crippen molar-refractivity contribution in [1.82, 2.24) is 0 Å². The Morgan fingerprint density at radius 3 is 2.44 bits per heavy atom. The highest BCUT2D eigenvalue weighted by molar-refractivity contribution is 5.66. The molecular formula is C15H22O3. The summed E-state index contributed by atoms with van der Waals surface area (Å²) in [4.78, 5) is 10.4. The van der Waals surface area contributed by atoms with Gasteiger partial charge in [-0.3, -0.25) is 4.79 Å². The van der Waals surface area contributed by atoms with Crippen LogP contribution in [0.25, 0.3) is 0 Å². The summed E-state index contributed by atoms with van der Waals surface area (Å²) < 4.78 is 0. The van der Waals surface area contributed by atoms with Crippen LogP contribution in [0.2, 0.25) is 0 Å². The predicted octanol–water partition coefficient (Wildman–Crippen LogP) is 3.32. The van der Waals surface area contributed by atoms with Gasteiger partial charge in [-0.05, 0) is 36.8 Å². The number of aryl methyl sites for hydroxylation is 1. The van der Waals surface area contributed by atoms with Gasteiger partial charge in [0.15, 0.2) is 0 Å². The Labute approximate surface area is 108 Å². The van der Waals surface area contributed by atoms with Crippen molar-refractivity contribution >= 4 is 5.97 Å². The van der Waals surface area contributed by atoms with E-state index in [4.69, 9.17) is 5.11 Å². The lowest BCUT2D eigenvalue weighted by Crippen LogP contribution is -2.00. The maximum Gasteiger partial charge on any atom is 0.303 e. The summed E-state index contributed by atoms with van der Waals surface area (Å²) in [6.45, 7) is 2.17. The van der Waals surface area contributed by atoms with Crippen LogP contribution in [0, 0.1) is 0 Å². The van der Waals surface area contributed by atoms with E-state index in [2.05, 4.69) is 6.92 Å². The highest BCUT2D eigenvalue weighted by Crippen LogP contribution is 2.20. The first kappa shape index (κ1) is 14.7. The summed E-state index contributed by atoms with van der Waals surface area (Å²) in [6.07, 6.45) is 4.01. The van der Waals surface area contributed by atoms with Crippen molar-refractivity contribution in [3.05, 3.63) is 35.4 Å². The maximum atomic E-state index is 10.4. The van der Waals surface area contributed by atoms with E-state index >= 15 is 0 Å². The van der Waals surface area contributed by atoms with Crippen LogP contribution in [0.3, 0.4) is 0 Å². The van der Waals surface area contributed by atoms with E-state index < -0.39 is 12.1 Å². The molecule has 0 fully saturated rings. The summed E-state index contributed by atoms with van der Waals surface area (Å²) in [5, 5.41) is 18.4. The number of carboxylic acid groups (broad SMARTS) is 1. The lowest BCUT2D eigenvalue weighted by atomic mass is 10.0. The second-order valence-electron chi connectivity index (χ2n) is 4.65. The Kier molecular flexibility index (Phi) is 6.44. The first-order valence-electron chi connectivity index (χ1n) is 6.62. The Bertz CT molecular complexity index is 357. The molecule has 3 heteroatoms. The van der Waals surface area contributed by atoms with Gasteiger partial charge in [0, 0.05) is 6.42 Å². The molecule has 2 N–H and O–H groups in total. The smallest absolute Gasteiger partial charge is 0.303 e. The molecule has 3 nitrogen and oxygen atoms in total. The fourth-order valence-electron chi connectivity index (χ4n) is 1.90. The standard InChI is InChI=1S/C15H22O3/c1-2-3-5-12-8-10-13(11-9-12)14(16)6-4-7-15(17)18/h8-11,14,16H,2-7H2,1H3,(H,17,18)/t14-/m1/s1. The summed E-state index contributed by atoms with van der Waals surface area (Å²) >= 11 is 0. The normalized spacial score (nSPS) is 12.3. The first-order chi connectivity index (χ1) is 8.63. The molecule has 0 heterocycles. The van der Waals surface area contributed by atoms with Gasteiger partial charge in [0.25, 0.3) is 0 Å². The number of hydrogen-bond donors (Lipinski definition) is 2. The molecule has 0 aliphatic carbocycles. The number of aliphatic hydroxyl groups excluding tert-OH is 1. The zero-order valence-electron chi connectivity index (χ0n) is 10.9. The molecule has 0 aliphatic heterocycles. The number of carboxylic acids is 1. The molecule has 0 aliphatic rings. The molecule has 0 unspecified atom stereocenters. The van der Waals surface area contributed by atoms with Gasteiger partial charge in [-0.15, -0.1) is 0 Å². The highest BCUT2D eigenvalue weighted by atomic mass is 16.4. The zero-order chi connectivity index (χ0) is 13.4. The molecule has 0 radical (unpaired) electrons. The number of benzene rings is 1. The van der Waals surface area contributed by atoms with E-state index in [9.17, 15) is 9.90 Å². The van der Waals surface area contributed by atoms with Crippen LogP contribution >= 0.6 is 0 Å². The summed E-state index contributed by atoms with van der Waals surface area (Å²) in [6, 6.07) is 7.98. The number of aliphatic carboxylic acids is 1. The average Bonchev–Trinajstić information content (AvgIpc) is 2.36. The quantitative estimate of drug-likeness (QED) is 0.744. The lowest BCUT2D eigenvalue weighted by molar-refractivity contribution is -0.137. The molecule has 1 atom stereocenters. The van der Waals surface area contributed by atoms with Crippen LogP contribution in [0.4, 0.5) is 0 Å². The van der Waals surface area contributed by atoms with Crippen molar-refractivity contribution in [2.24, 2.45) is 0 Å². The molecule has 0 saturated carbocycles. The van der Waals surface area contributed by atoms with E-state index in [1.165, 1.54) is 18.4 Å². The third kappa shape index (κ3) is 5.32. The van der Waals surface area contributed by atoms with Gasteiger partial charge in [0.05, 0.1) is 6.10 Å². The van der Waals surface area contributed by atoms with Crippen LogP contribution in [0.1, 0.15) is 56.3 Å². The monoisotopic (exact) mass is 250 g/mol. The molecule has 0 bridgehead atoms. The van der Waals surface area contributed by atoms with E-state index in [1.54, 1.807) is 0 Å². The van der Waals surface area contributed by atoms with Crippen molar-refractivity contribution < 1.29 is 15.0 Å². The van der Waals surface area contributed by atoms with Gasteiger partial charge in [-0.2, -0.15) is 0 Å². The van der Waals surface area contributed by atoms with Crippen LogP contribution in [-0.4, -0.2) is 16.2 Å². The fourth-order valence-corrected chi connectivity index (χ4v) is 1.90. The van der Waals surface area contributed by atoms with Gasteiger partial charge in [0.1, 0.15) is 0 Å². The Morgan fingerprint density at radius 1 is 1.22 bits per heavy atom. The molecular weight excluding hydrogens is 228 g/mol. The second kappa shape index (κ2) is 7.88. The molecule has 18 heavy (non-hydrogen) atoms. The summed E-state index contributed by atoms with van der Waals surface area (Å²) in [5.41, 5.74) is 2.17. The Balaban J connectivity index is 2.43. The molecule has 0 spiro atoms. The molecule has 100 valence electrons. The number of carbonyl (C=O) groups is 1. The Morgan fingerprint density at radius 2 is 1.89 bits per heavy atom. The molecule has 1 aromatic rings. The molecule has 0 amide bonds. The van der Waals surface area contributed by atoms with Gasteiger partial charge < -0.3 is 10.2 Å². The van der Waals surface area contributed by atoms with Gasteiger partial charge in [-0.1, -0.05) is 37.6 Å². The zero-order valence-corrected chi connectivity index (χ0v) is 10.9. The van der Waals surface area contributed by atoms with E-state index in [0.717, 1.165) is 12.0 Å². The average molecular weight is 250 g/mol. The van der Waals surface area contributed by atoms with Gasteiger partial charge in [-0.25, -0.2) is 0 Å². The van der Waals surface area contributed by atoms with E-state index in [1.807, 2.05) is 24.3 Å². The third-order valence-electron chi connectivity index (χ3n) is 3.05. The van der Waals surface area contributed by atoms with Gasteiger partial charge in [0.2, 0.25) is 0 Å². The van der Waals surface area contributed by atoms with Crippen molar-refractivity contribution in [3.63, 3.8) is 0 Å². The van der Waals surface area contributed by atoms with Crippen LogP contribution in [0.15, 0.2) is 24.3 Å². The molecule has 0 saturated heterocycles. The number of hydrogen-bond acceptors (Lipinski definition) is 2. The van der Waals surface area contributed by atoms with Crippen molar-refractivity contribution in [2.75, 3.05) is 0 Å². The highest BCUT2D eigenvalue weighted by Gasteiger charge is 2.08. The maximum absolute atomic E-state index is 10.4. The first-order valence-corrected chi connectivity index (χ1v) is 6.62. The van der Waals surface area contributed by atoms with Crippen LogP contribution in [-0.2, 0) is 11.2 Å². The summed E-state index contributed by atoms with van der Waals surface area (Å²) in [7, 11) is 0. The number of aliphatic hydroxyl groups is 1. The lowest BCUT2D eigenvalue weighted by Gasteiger charge is -2.11. The predicted molar refractivity (Wildman–Crippen MR) is 71.5 cm³/mol. The Hall–Kier alpha value is -1.35. The van der Waals surface area contributed by atoms with Crippen molar-refractivity contribution in [2.45, 2.75) is 51.6 Å². The molecule has 1 aromatic carbocycles. The van der Waals surface area contributed by atoms with Crippen LogP contribution < -0.4 is 0 Å². The SMILES string of the molecule is CCCCc1ccc([C@H](O)CCCC(=O)O)cc1. The number of rotatable bonds is 8. The fraction of sp³-hybridized carbons (Fsp3) is 0.533. The minimum absolute atomic E-state index is 0.117. The van der Waals surface area contributed by atoms with Crippen molar-refractivity contribution in [1.29, 1.82) is 0 Å². The summed E-state index contributed by atoms with van der Waals surface area (Å²) in [5.74, 6) is -0.808. The second-order valence-corrected chi connectivity index (χ2v) is 4.65. The topological polar surface area (TPSA) is 57.5 Å². The minimum atomic E-state index is -0.808. The van der Waals surface area contributed by atoms with Crippen LogP contribution in [0.5, 0.6) is 0 Å². The minimum Gasteiger partial charge on any atom is -0.481 e. The van der Waals surface area contributed by atoms with Crippen molar-refractivity contribution in [3.8, 4) is 0 Å². The third-order valence-corrected chi connectivity index (χ3v) is 3.05. The number of unbranched alkanes of at least 4 members (excludes halogenated alkanes) is 1. The van der Waals surface area contributed by atoms with Gasteiger partial charge >= 0.3 is 5.97 Å². The van der Waals surface area contributed by atoms with E-state index in [0.29, 0.717) is 12.8 Å². The molecule has 0 aromatic heterocycles.